The molecule has 0 atom stereocenters. The van der Waals surface area contributed by atoms with E-state index in [1.165, 1.54) is 12.1 Å². The van der Waals surface area contributed by atoms with Gasteiger partial charge in [0, 0.05) is 23.1 Å². The second kappa shape index (κ2) is 5.96. The number of carbonyl (C=O) groups is 1. The van der Waals surface area contributed by atoms with Gasteiger partial charge in [-0.05, 0) is 30.2 Å². The molecule has 0 bridgehead atoms. The lowest BCUT2D eigenvalue weighted by Gasteiger charge is -2.10. The third-order valence-corrected chi connectivity index (χ3v) is 3.51. The Balaban J connectivity index is 2.15. The molecular formula is C18H14O5. The molecule has 0 saturated carbocycles. The minimum Gasteiger partial charge on any atom is -0.482 e. The summed E-state index contributed by atoms with van der Waals surface area (Å²) in [5.74, 6) is -0.731. The molecule has 0 fully saturated rings. The molecule has 5 heteroatoms. The molecule has 0 unspecified atom stereocenters. The van der Waals surface area contributed by atoms with Crippen molar-refractivity contribution < 1.29 is 19.1 Å². The van der Waals surface area contributed by atoms with Gasteiger partial charge in [0.15, 0.2) is 6.61 Å². The molecule has 1 heterocycles. The van der Waals surface area contributed by atoms with E-state index in [2.05, 4.69) is 0 Å². The molecule has 0 aliphatic heterocycles. The van der Waals surface area contributed by atoms with Crippen molar-refractivity contribution in [2.75, 3.05) is 6.61 Å². The number of hydrogen-bond acceptors (Lipinski definition) is 4. The van der Waals surface area contributed by atoms with Crippen LogP contribution in [0, 0.1) is 6.92 Å². The van der Waals surface area contributed by atoms with Crippen LogP contribution in [0.2, 0.25) is 0 Å². The Bertz CT molecular complexity index is 940. The van der Waals surface area contributed by atoms with Crippen molar-refractivity contribution in [1.82, 2.24) is 0 Å². The van der Waals surface area contributed by atoms with Gasteiger partial charge in [-0.2, -0.15) is 0 Å². The van der Waals surface area contributed by atoms with Gasteiger partial charge in [0.05, 0.1) is 0 Å². The van der Waals surface area contributed by atoms with Crippen molar-refractivity contribution in [2.45, 2.75) is 6.92 Å². The zero-order chi connectivity index (χ0) is 16.4. The number of aliphatic carboxylic acids is 1. The molecule has 3 aromatic rings. The molecule has 0 spiro atoms. The molecule has 0 aliphatic carbocycles. The predicted molar refractivity (Wildman–Crippen MR) is 85.8 cm³/mol. The SMILES string of the molecule is Cc1ccccc1-c1cc(=O)oc2cc(OCC(=O)O)ccc12. The maximum atomic E-state index is 11.9. The summed E-state index contributed by atoms with van der Waals surface area (Å²) in [6.07, 6.45) is 0. The average molecular weight is 310 g/mol. The van der Waals surface area contributed by atoms with E-state index in [1.807, 2.05) is 31.2 Å². The van der Waals surface area contributed by atoms with Gasteiger partial charge in [-0.25, -0.2) is 9.59 Å². The van der Waals surface area contributed by atoms with Crippen LogP contribution in [0.1, 0.15) is 5.56 Å². The van der Waals surface area contributed by atoms with Crippen molar-refractivity contribution in [2.24, 2.45) is 0 Å². The molecule has 3 rings (SSSR count). The van der Waals surface area contributed by atoms with E-state index < -0.39 is 18.2 Å². The standard InChI is InChI=1S/C18H14O5/c1-11-4-2-3-5-13(11)15-9-18(21)23-16-8-12(6-7-14(15)16)22-10-17(19)20/h2-9H,10H2,1H3,(H,19,20). The van der Waals surface area contributed by atoms with Gasteiger partial charge in [-0.15, -0.1) is 0 Å². The molecule has 5 nitrogen and oxygen atoms in total. The molecular weight excluding hydrogens is 296 g/mol. The lowest BCUT2D eigenvalue weighted by atomic mass is 9.98. The fraction of sp³-hybridized carbons (Fsp3) is 0.111. The van der Waals surface area contributed by atoms with Gasteiger partial charge < -0.3 is 14.3 Å². The summed E-state index contributed by atoms with van der Waals surface area (Å²) in [6, 6.07) is 14.2. The van der Waals surface area contributed by atoms with Crippen molar-refractivity contribution in [3.8, 4) is 16.9 Å². The summed E-state index contributed by atoms with van der Waals surface area (Å²) in [6.45, 7) is 1.52. The number of rotatable bonds is 4. The second-order valence-corrected chi connectivity index (χ2v) is 5.13. The topological polar surface area (TPSA) is 76.7 Å². The smallest absolute Gasteiger partial charge is 0.341 e. The van der Waals surface area contributed by atoms with Crippen LogP contribution in [0.4, 0.5) is 0 Å². The highest BCUT2D eigenvalue weighted by molar-refractivity contribution is 5.94. The number of aryl methyl sites for hydroxylation is 1. The molecule has 1 N–H and O–H groups in total. The number of hydrogen-bond donors (Lipinski definition) is 1. The van der Waals surface area contributed by atoms with E-state index in [-0.39, 0.29) is 0 Å². The normalized spacial score (nSPS) is 10.7. The Morgan fingerprint density at radius 3 is 2.65 bits per heavy atom. The summed E-state index contributed by atoms with van der Waals surface area (Å²) in [7, 11) is 0. The third-order valence-electron chi connectivity index (χ3n) is 3.51. The lowest BCUT2D eigenvalue weighted by Crippen LogP contribution is -2.09. The number of ether oxygens (including phenoxy) is 1. The van der Waals surface area contributed by atoms with Crippen LogP contribution in [0.25, 0.3) is 22.1 Å². The van der Waals surface area contributed by atoms with Crippen LogP contribution >= 0.6 is 0 Å². The molecule has 2 aromatic carbocycles. The van der Waals surface area contributed by atoms with E-state index in [0.29, 0.717) is 11.3 Å². The fourth-order valence-corrected chi connectivity index (χ4v) is 2.48. The number of carboxylic acid groups (broad SMARTS) is 1. The Labute approximate surface area is 131 Å². The van der Waals surface area contributed by atoms with Crippen LogP contribution < -0.4 is 10.4 Å². The van der Waals surface area contributed by atoms with E-state index in [0.717, 1.165) is 22.1 Å². The quantitative estimate of drug-likeness (QED) is 0.749. The first-order valence-corrected chi connectivity index (χ1v) is 7.03. The Morgan fingerprint density at radius 1 is 1.13 bits per heavy atom. The van der Waals surface area contributed by atoms with Gasteiger partial charge in [-0.3, -0.25) is 0 Å². The summed E-state index contributed by atoms with van der Waals surface area (Å²) in [5, 5.41) is 9.42. The highest BCUT2D eigenvalue weighted by Crippen LogP contribution is 2.31. The minimum absolute atomic E-state index is 0.338. The van der Waals surface area contributed by atoms with E-state index in [4.69, 9.17) is 14.3 Å². The largest absolute Gasteiger partial charge is 0.482 e. The second-order valence-electron chi connectivity index (χ2n) is 5.13. The Morgan fingerprint density at radius 2 is 1.91 bits per heavy atom. The molecule has 0 aliphatic rings. The zero-order valence-corrected chi connectivity index (χ0v) is 12.4. The van der Waals surface area contributed by atoms with Crippen LogP contribution in [0.3, 0.4) is 0 Å². The maximum Gasteiger partial charge on any atom is 0.341 e. The van der Waals surface area contributed by atoms with Gasteiger partial charge in [0.1, 0.15) is 11.3 Å². The molecule has 116 valence electrons. The fourth-order valence-electron chi connectivity index (χ4n) is 2.48. The van der Waals surface area contributed by atoms with E-state index >= 15 is 0 Å². The number of carboxylic acids is 1. The zero-order valence-electron chi connectivity index (χ0n) is 12.4. The van der Waals surface area contributed by atoms with E-state index in [1.54, 1.807) is 12.1 Å². The summed E-state index contributed by atoms with van der Waals surface area (Å²) in [5.41, 5.74) is 2.67. The number of fused-ring (bicyclic) bond motifs is 1. The van der Waals surface area contributed by atoms with Crippen molar-refractivity contribution in [3.63, 3.8) is 0 Å². The Kier molecular flexibility index (Phi) is 3.85. The minimum atomic E-state index is -1.07. The Hall–Kier alpha value is -3.08. The van der Waals surface area contributed by atoms with E-state index in [9.17, 15) is 9.59 Å². The summed E-state index contributed by atoms with van der Waals surface area (Å²) < 4.78 is 10.4. The molecule has 0 amide bonds. The monoisotopic (exact) mass is 310 g/mol. The van der Waals surface area contributed by atoms with Crippen LogP contribution in [-0.2, 0) is 4.79 Å². The van der Waals surface area contributed by atoms with Crippen molar-refractivity contribution in [1.29, 1.82) is 0 Å². The van der Waals surface area contributed by atoms with Crippen molar-refractivity contribution >= 4 is 16.9 Å². The first-order valence-electron chi connectivity index (χ1n) is 7.03. The van der Waals surface area contributed by atoms with Gasteiger partial charge in [-0.1, -0.05) is 24.3 Å². The first kappa shape index (κ1) is 14.8. The van der Waals surface area contributed by atoms with Gasteiger partial charge in [0.25, 0.3) is 0 Å². The van der Waals surface area contributed by atoms with Crippen LogP contribution in [0.15, 0.2) is 57.7 Å². The van der Waals surface area contributed by atoms with Gasteiger partial charge >= 0.3 is 11.6 Å². The van der Waals surface area contributed by atoms with Crippen molar-refractivity contribution in [3.05, 3.63) is 64.5 Å². The third kappa shape index (κ3) is 3.08. The highest BCUT2D eigenvalue weighted by atomic mass is 16.5. The van der Waals surface area contributed by atoms with Crippen LogP contribution in [-0.4, -0.2) is 17.7 Å². The molecule has 0 saturated heterocycles. The molecule has 0 radical (unpaired) electrons. The highest BCUT2D eigenvalue weighted by Gasteiger charge is 2.11. The predicted octanol–water partition coefficient (Wildman–Crippen LogP) is 3.23. The van der Waals surface area contributed by atoms with Crippen LogP contribution in [0.5, 0.6) is 5.75 Å². The van der Waals surface area contributed by atoms with Gasteiger partial charge in [0.2, 0.25) is 0 Å². The number of benzene rings is 2. The summed E-state index contributed by atoms with van der Waals surface area (Å²) >= 11 is 0. The molecule has 23 heavy (non-hydrogen) atoms. The molecule has 1 aromatic heterocycles. The summed E-state index contributed by atoms with van der Waals surface area (Å²) in [4.78, 5) is 22.4. The maximum absolute atomic E-state index is 11.9. The first-order chi connectivity index (χ1) is 11.0. The lowest BCUT2D eigenvalue weighted by molar-refractivity contribution is -0.139. The average Bonchev–Trinajstić information content (AvgIpc) is 2.52.